The van der Waals surface area contributed by atoms with Crippen LogP contribution in [0.3, 0.4) is 0 Å². The minimum absolute atomic E-state index is 0.127. The third-order valence-electron chi connectivity index (χ3n) is 3.28. The van der Waals surface area contributed by atoms with Crippen LogP contribution in [0.1, 0.15) is 17.4 Å². The van der Waals surface area contributed by atoms with E-state index in [1.807, 2.05) is 36.6 Å². The van der Waals surface area contributed by atoms with Crippen molar-refractivity contribution in [3.63, 3.8) is 0 Å². The van der Waals surface area contributed by atoms with Crippen molar-refractivity contribution in [2.24, 2.45) is 5.10 Å². The molecule has 0 N–H and O–H groups in total. The molecule has 6 heteroatoms. The Hall–Kier alpha value is -1.92. The molecule has 0 saturated carbocycles. The first-order valence-electron chi connectivity index (χ1n) is 6.89. The maximum atomic E-state index is 12.4. The van der Waals surface area contributed by atoms with E-state index >= 15 is 0 Å². The second-order valence-corrected chi connectivity index (χ2v) is 6.69. The molecule has 2 aromatic heterocycles. The molecule has 0 radical (unpaired) electrons. The molecule has 0 bridgehead atoms. The third-order valence-corrected chi connectivity index (χ3v) is 5.21. The number of aryl methyl sites for hydroxylation is 1. The highest BCUT2D eigenvalue weighted by atomic mass is 32.2. The SMILES string of the molecule is CCc1cc2c(=O)n(/N=C\c3ccc(SC)cc3)cnc2s1. The Morgan fingerprint density at radius 1 is 1.36 bits per heavy atom. The van der Waals surface area contributed by atoms with E-state index in [-0.39, 0.29) is 5.56 Å². The summed E-state index contributed by atoms with van der Waals surface area (Å²) >= 11 is 3.25. The van der Waals surface area contributed by atoms with Crippen LogP contribution in [0, 0.1) is 0 Å². The van der Waals surface area contributed by atoms with Gasteiger partial charge in [0.15, 0.2) is 0 Å². The van der Waals surface area contributed by atoms with Gasteiger partial charge >= 0.3 is 0 Å². The molecule has 0 aliphatic heterocycles. The number of hydrogen-bond donors (Lipinski definition) is 0. The molecule has 112 valence electrons. The molecule has 0 unspecified atom stereocenters. The molecular formula is C16H15N3OS2. The first-order chi connectivity index (χ1) is 10.7. The Morgan fingerprint density at radius 2 is 2.14 bits per heavy atom. The number of rotatable bonds is 4. The van der Waals surface area contributed by atoms with Gasteiger partial charge in [-0.05, 0) is 36.4 Å². The highest BCUT2D eigenvalue weighted by Crippen LogP contribution is 2.21. The summed E-state index contributed by atoms with van der Waals surface area (Å²) < 4.78 is 1.29. The smallest absolute Gasteiger partial charge is 0.267 e. The molecule has 0 fully saturated rings. The predicted molar refractivity (Wildman–Crippen MR) is 94.5 cm³/mol. The number of thiophene rings is 1. The van der Waals surface area contributed by atoms with Crippen molar-refractivity contribution in [3.05, 3.63) is 57.5 Å². The van der Waals surface area contributed by atoms with Crippen molar-refractivity contribution < 1.29 is 0 Å². The van der Waals surface area contributed by atoms with Gasteiger partial charge in [-0.3, -0.25) is 4.79 Å². The summed E-state index contributed by atoms with van der Waals surface area (Å²) in [7, 11) is 0. The third kappa shape index (κ3) is 2.98. The molecule has 3 aromatic rings. The lowest BCUT2D eigenvalue weighted by molar-refractivity contribution is 0.818. The Labute approximate surface area is 136 Å². The summed E-state index contributed by atoms with van der Waals surface area (Å²) in [5.74, 6) is 0. The van der Waals surface area contributed by atoms with Crippen molar-refractivity contribution in [2.75, 3.05) is 6.26 Å². The van der Waals surface area contributed by atoms with Crippen molar-refractivity contribution in [1.29, 1.82) is 0 Å². The highest BCUT2D eigenvalue weighted by molar-refractivity contribution is 7.98. The second kappa shape index (κ2) is 6.46. The molecule has 22 heavy (non-hydrogen) atoms. The summed E-state index contributed by atoms with van der Waals surface area (Å²) in [6.07, 6.45) is 6.10. The quantitative estimate of drug-likeness (QED) is 0.542. The van der Waals surface area contributed by atoms with Gasteiger partial charge in [-0.1, -0.05) is 19.1 Å². The Bertz CT molecular complexity index is 879. The van der Waals surface area contributed by atoms with E-state index in [1.165, 1.54) is 15.9 Å². The van der Waals surface area contributed by atoms with Crippen molar-refractivity contribution in [3.8, 4) is 0 Å². The molecule has 0 atom stereocenters. The van der Waals surface area contributed by atoms with E-state index in [1.54, 1.807) is 29.3 Å². The minimum Gasteiger partial charge on any atom is -0.267 e. The Morgan fingerprint density at radius 3 is 2.82 bits per heavy atom. The van der Waals surface area contributed by atoms with Gasteiger partial charge in [0.25, 0.3) is 5.56 Å². The number of thioether (sulfide) groups is 1. The lowest BCUT2D eigenvalue weighted by Crippen LogP contribution is -2.16. The number of fused-ring (bicyclic) bond motifs is 1. The fourth-order valence-electron chi connectivity index (χ4n) is 2.04. The zero-order valence-corrected chi connectivity index (χ0v) is 13.9. The van der Waals surface area contributed by atoms with Crippen molar-refractivity contribution >= 4 is 39.5 Å². The lowest BCUT2D eigenvalue weighted by atomic mass is 10.2. The van der Waals surface area contributed by atoms with Crippen LogP contribution in [0.2, 0.25) is 0 Å². The average Bonchev–Trinajstić information content (AvgIpc) is 2.99. The summed E-state index contributed by atoms with van der Waals surface area (Å²) in [4.78, 5) is 19.8. The molecular weight excluding hydrogens is 314 g/mol. The molecule has 3 rings (SSSR count). The van der Waals surface area contributed by atoms with Crippen LogP contribution < -0.4 is 5.56 Å². The van der Waals surface area contributed by atoms with Gasteiger partial charge in [-0.25, -0.2) is 4.98 Å². The van der Waals surface area contributed by atoms with E-state index in [0.717, 1.165) is 21.7 Å². The Kier molecular flexibility index (Phi) is 4.40. The molecule has 0 spiro atoms. The number of hydrogen-bond acceptors (Lipinski definition) is 5. The first-order valence-corrected chi connectivity index (χ1v) is 8.94. The largest absolute Gasteiger partial charge is 0.282 e. The van der Waals surface area contributed by atoms with Gasteiger partial charge in [-0.15, -0.1) is 23.1 Å². The zero-order valence-electron chi connectivity index (χ0n) is 12.3. The van der Waals surface area contributed by atoms with Crippen LogP contribution in [0.5, 0.6) is 0 Å². The molecule has 4 nitrogen and oxygen atoms in total. The Balaban J connectivity index is 1.94. The van der Waals surface area contributed by atoms with E-state index < -0.39 is 0 Å². The van der Waals surface area contributed by atoms with Crippen LogP contribution in [0.15, 0.2) is 51.5 Å². The maximum absolute atomic E-state index is 12.4. The van der Waals surface area contributed by atoms with Crippen molar-refractivity contribution in [2.45, 2.75) is 18.2 Å². The maximum Gasteiger partial charge on any atom is 0.282 e. The van der Waals surface area contributed by atoms with Gasteiger partial charge in [0.2, 0.25) is 0 Å². The molecule has 0 aliphatic carbocycles. The second-order valence-electron chi connectivity index (χ2n) is 4.70. The van der Waals surface area contributed by atoms with E-state index in [2.05, 4.69) is 17.0 Å². The fourth-order valence-corrected chi connectivity index (χ4v) is 3.37. The molecule has 0 amide bonds. The highest BCUT2D eigenvalue weighted by Gasteiger charge is 2.07. The van der Waals surface area contributed by atoms with Gasteiger partial charge < -0.3 is 0 Å². The molecule has 1 aromatic carbocycles. The van der Waals surface area contributed by atoms with Crippen molar-refractivity contribution in [1.82, 2.24) is 9.66 Å². The van der Waals surface area contributed by atoms with Gasteiger partial charge in [0.05, 0.1) is 11.6 Å². The summed E-state index contributed by atoms with van der Waals surface area (Å²) in [5.41, 5.74) is 0.822. The van der Waals surface area contributed by atoms with Crippen LogP contribution in [0.25, 0.3) is 10.2 Å². The normalized spacial score (nSPS) is 11.5. The summed E-state index contributed by atoms with van der Waals surface area (Å²) in [5, 5.41) is 4.87. The number of aromatic nitrogens is 2. The molecule has 0 aliphatic rings. The van der Waals surface area contributed by atoms with Crippen LogP contribution in [0.4, 0.5) is 0 Å². The fraction of sp³-hybridized carbons (Fsp3) is 0.188. The average molecular weight is 329 g/mol. The van der Waals surface area contributed by atoms with Gasteiger partial charge in [0.1, 0.15) is 11.2 Å². The minimum atomic E-state index is -0.127. The topological polar surface area (TPSA) is 47.2 Å². The lowest BCUT2D eigenvalue weighted by Gasteiger charge is -1.98. The number of nitrogens with zero attached hydrogens (tertiary/aromatic N) is 3. The number of benzene rings is 1. The first kappa shape index (κ1) is 15.0. The standard InChI is InChI=1S/C16H15N3OS2/c1-3-12-8-14-15(22-12)17-10-19(16(14)20)18-9-11-4-6-13(21-2)7-5-11/h4-10H,3H2,1-2H3/b18-9-. The van der Waals surface area contributed by atoms with Gasteiger partial charge in [0, 0.05) is 9.77 Å². The zero-order chi connectivity index (χ0) is 15.5. The van der Waals surface area contributed by atoms with E-state index in [4.69, 9.17) is 0 Å². The molecule has 2 heterocycles. The summed E-state index contributed by atoms with van der Waals surface area (Å²) in [6, 6.07) is 9.93. The van der Waals surface area contributed by atoms with Crippen LogP contribution >= 0.6 is 23.1 Å². The predicted octanol–water partition coefficient (Wildman–Crippen LogP) is 3.62. The summed E-state index contributed by atoms with van der Waals surface area (Å²) in [6.45, 7) is 2.07. The van der Waals surface area contributed by atoms with Gasteiger partial charge in [-0.2, -0.15) is 9.78 Å². The van der Waals surface area contributed by atoms with E-state index in [9.17, 15) is 4.79 Å². The van der Waals surface area contributed by atoms with Crippen LogP contribution in [-0.4, -0.2) is 22.1 Å². The molecule has 0 saturated heterocycles. The van der Waals surface area contributed by atoms with E-state index in [0.29, 0.717) is 5.39 Å². The van der Waals surface area contributed by atoms with Crippen LogP contribution in [-0.2, 0) is 6.42 Å². The monoisotopic (exact) mass is 329 g/mol.